The minimum Gasteiger partial charge on any atom is -0.370 e. The van der Waals surface area contributed by atoms with Gasteiger partial charge in [-0.25, -0.2) is 0 Å². The largest absolute Gasteiger partial charge is 0.370 e. The molecule has 0 aliphatic rings. The first-order chi connectivity index (χ1) is 15.5. The first-order valence-electron chi connectivity index (χ1n) is 11.4. The molecule has 6 nitrogen and oxygen atoms in total. The van der Waals surface area contributed by atoms with Gasteiger partial charge in [0.25, 0.3) is 0 Å². The van der Waals surface area contributed by atoms with Crippen LogP contribution in [0.1, 0.15) is 50.2 Å². The van der Waals surface area contributed by atoms with Crippen molar-refractivity contribution in [2.24, 2.45) is 11.7 Å². The van der Waals surface area contributed by atoms with Crippen molar-refractivity contribution in [3.05, 3.63) is 71.8 Å². The third-order valence-corrected chi connectivity index (χ3v) is 5.41. The van der Waals surface area contributed by atoms with Crippen LogP contribution in [0.3, 0.4) is 0 Å². The summed E-state index contributed by atoms with van der Waals surface area (Å²) in [6, 6.07) is 19.4. The minimum absolute atomic E-state index is 0.105. The number of unbranched alkanes of at least 4 members (excludes halogenated alkanes) is 2. The lowest BCUT2D eigenvalue weighted by atomic mass is 9.92. The minimum atomic E-state index is -0.443. The molecule has 0 unspecified atom stereocenters. The van der Waals surface area contributed by atoms with E-state index in [1.165, 1.54) is 0 Å². The molecule has 0 saturated carbocycles. The van der Waals surface area contributed by atoms with Crippen LogP contribution in [0, 0.1) is 5.92 Å². The Balaban J connectivity index is 1.95. The fourth-order valence-electron chi connectivity index (χ4n) is 3.75. The lowest BCUT2D eigenvalue weighted by molar-refractivity contribution is -0.129. The Bertz CT molecular complexity index is 798. The van der Waals surface area contributed by atoms with E-state index in [9.17, 15) is 14.4 Å². The van der Waals surface area contributed by atoms with Crippen LogP contribution in [0.5, 0.6) is 0 Å². The van der Waals surface area contributed by atoms with Gasteiger partial charge in [0.15, 0.2) is 0 Å². The highest BCUT2D eigenvalue weighted by Crippen LogP contribution is 2.15. The van der Waals surface area contributed by atoms with Crippen molar-refractivity contribution in [2.75, 3.05) is 6.54 Å². The van der Waals surface area contributed by atoms with Gasteiger partial charge in [-0.2, -0.15) is 0 Å². The maximum Gasteiger partial charge on any atom is 0.239 e. The Morgan fingerprint density at radius 3 is 1.94 bits per heavy atom. The first-order valence-corrected chi connectivity index (χ1v) is 11.4. The molecular weight excluding hydrogens is 402 g/mol. The second kappa shape index (κ2) is 14.0. The molecule has 0 saturated heterocycles. The third kappa shape index (κ3) is 9.77. The van der Waals surface area contributed by atoms with Crippen molar-refractivity contribution in [1.82, 2.24) is 10.6 Å². The molecule has 1 atom stereocenters. The molecule has 0 bridgehead atoms. The molecular formula is C26H35N3O3. The molecule has 0 aliphatic heterocycles. The SMILES string of the molecule is CCCCC[C@@H](CC(N)=O)NC(=O)CNC(=O)C(Cc1ccccc1)Cc1ccccc1. The number of amides is 3. The molecule has 0 heterocycles. The summed E-state index contributed by atoms with van der Waals surface area (Å²) < 4.78 is 0. The van der Waals surface area contributed by atoms with Gasteiger partial charge in [-0.3, -0.25) is 14.4 Å². The van der Waals surface area contributed by atoms with Crippen molar-refractivity contribution in [3.63, 3.8) is 0 Å². The van der Waals surface area contributed by atoms with E-state index in [-0.39, 0.29) is 36.7 Å². The number of nitrogens with one attached hydrogen (secondary N) is 2. The van der Waals surface area contributed by atoms with Gasteiger partial charge < -0.3 is 16.4 Å². The second-order valence-electron chi connectivity index (χ2n) is 8.22. The van der Waals surface area contributed by atoms with Crippen molar-refractivity contribution >= 4 is 17.7 Å². The summed E-state index contributed by atoms with van der Waals surface area (Å²) in [7, 11) is 0. The van der Waals surface area contributed by atoms with Gasteiger partial charge in [-0.05, 0) is 30.4 Å². The number of carbonyl (C=O) groups excluding carboxylic acids is 3. The molecule has 6 heteroatoms. The predicted molar refractivity (Wildman–Crippen MR) is 127 cm³/mol. The van der Waals surface area contributed by atoms with Gasteiger partial charge in [0.1, 0.15) is 0 Å². The van der Waals surface area contributed by atoms with Crippen LogP contribution in [0.25, 0.3) is 0 Å². The lowest BCUT2D eigenvalue weighted by Crippen LogP contribution is -2.45. The maximum atomic E-state index is 13.0. The molecule has 3 amide bonds. The number of hydrogen-bond acceptors (Lipinski definition) is 3. The summed E-state index contributed by atoms with van der Waals surface area (Å²) in [4.78, 5) is 36.7. The summed E-state index contributed by atoms with van der Waals surface area (Å²) in [5, 5.41) is 5.63. The van der Waals surface area contributed by atoms with Crippen molar-refractivity contribution in [3.8, 4) is 0 Å². The monoisotopic (exact) mass is 437 g/mol. The number of rotatable bonds is 14. The fraction of sp³-hybridized carbons (Fsp3) is 0.423. The standard InChI is InChI=1S/C26H35N3O3/c1-2-3-6-15-23(18-24(27)30)29-25(31)19-28-26(32)22(16-20-11-7-4-8-12-20)17-21-13-9-5-10-14-21/h4-5,7-14,22-23H,2-3,6,15-19H2,1H3,(H2,27,30)(H,28,32)(H,29,31)/t23-/m0/s1. The molecule has 0 radical (unpaired) electrons. The van der Waals surface area contributed by atoms with Crippen molar-refractivity contribution in [1.29, 1.82) is 0 Å². The Labute approximate surface area is 191 Å². The lowest BCUT2D eigenvalue weighted by Gasteiger charge is -2.19. The molecule has 0 spiro atoms. The van der Waals surface area contributed by atoms with Crippen LogP contribution in [0.2, 0.25) is 0 Å². The van der Waals surface area contributed by atoms with E-state index in [4.69, 9.17) is 5.73 Å². The van der Waals surface area contributed by atoms with E-state index < -0.39 is 5.91 Å². The molecule has 2 aromatic carbocycles. The Kier molecular flexibility index (Phi) is 11.0. The van der Waals surface area contributed by atoms with Crippen LogP contribution < -0.4 is 16.4 Å². The Hall–Kier alpha value is -3.15. The Morgan fingerprint density at radius 1 is 0.875 bits per heavy atom. The fourth-order valence-corrected chi connectivity index (χ4v) is 3.75. The number of hydrogen-bond donors (Lipinski definition) is 3. The van der Waals surface area contributed by atoms with E-state index in [1.807, 2.05) is 60.7 Å². The van der Waals surface area contributed by atoms with Gasteiger partial charge in [0, 0.05) is 18.4 Å². The topological polar surface area (TPSA) is 101 Å². The van der Waals surface area contributed by atoms with E-state index in [0.717, 1.165) is 30.4 Å². The summed E-state index contributed by atoms with van der Waals surface area (Å²) in [5.74, 6) is -1.20. The molecule has 4 N–H and O–H groups in total. The number of benzene rings is 2. The van der Waals surface area contributed by atoms with Gasteiger partial charge in [-0.15, -0.1) is 0 Å². The molecule has 0 aliphatic carbocycles. The zero-order valence-corrected chi connectivity index (χ0v) is 18.9. The van der Waals surface area contributed by atoms with Crippen molar-refractivity contribution in [2.45, 2.75) is 57.9 Å². The third-order valence-electron chi connectivity index (χ3n) is 5.41. The first kappa shape index (κ1) is 25.1. The maximum absolute atomic E-state index is 13.0. The second-order valence-corrected chi connectivity index (χ2v) is 8.22. The normalized spacial score (nSPS) is 11.7. The van der Waals surface area contributed by atoms with E-state index in [0.29, 0.717) is 19.3 Å². The zero-order valence-electron chi connectivity index (χ0n) is 18.9. The summed E-state index contributed by atoms with van der Waals surface area (Å²) in [6.07, 6.45) is 4.97. The highest BCUT2D eigenvalue weighted by Gasteiger charge is 2.21. The van der Waals surface area contributed by atoms with Gasteiger partial charge in [0.2, 0.25) is 17.7 Å². The smallest absolute Gasteiger partial charge is 0.239 e. The van der Waals surface area contributed by atoms with Gasteiger partial charge >= 0.3 is 0 Å². The Morgan fingerprint density at radius 2 is 1.44 bits per heavy atom. The average molecular weight is 438 g/mol. The average Bonchev–Trinajstić information content (AvgIpc) is 2.78. The van der Waals surface area contributed by atoms with Gasteiger partial charge in [-0.1, -0.05) is 86.8 Å². The zero-order chi connectivity index (χ0) is 23.2. The molecule has 2 rings (SSSR count). The van der Waals surface area contributed by atoms with E-state index in [2.05, 4.69) is 17.6 Å². The quantitative estimate of drug-likeness (QED) is 0.396. The number of primary amides is 1. The van der Waals surface area contributed by atoms with Crippen LogP contribution >= 0.6 is 0 Å². The predicted octanol–water partition coefficient (Wildman–Crippen LogP) is 3.14. The summed E-state index contributed by atoms with van der Waals surface area (Å²) in [6.45, 7) is 1.97. The van der Waals surface area contributed by atoms with Crippen LogP contribution in [0.4, 0.5) is 0 Å². The molecule has 0 aromatic heterocycles. The summed E-state index contributed by atoms with van der Waals surface area (Å²) >= 11 is 0. The van der Waals surface area contributed by atoms with Gasteiger partial charge in [0.05, 0.1) is 6.54 Å². The van der Waals surface area contributed by atoms with Crippen LogP contribution in [-0.2, 0) is 27.2 Å². The van der Waals surface area contributed by atoms with Crippen LogP contribution in [0.15, 0.2) is 60.7 Å². The molecule has 32 heavy (non-hydrogen) atoms. The number of carbonyl (C=O) groups is 3. The summed E-state index contributed by atoms with van der Waals surface area (Å²) in [5.41, 5.74) is 7.47. The highest BCUT2D eigenvalue weighted by molar-refractivity contribution is 5.86. The molecule has 172 valence electrons. The van der Waals surface area contributed by atoms with E-state index >= 15 is 0 Å². The molecule has 2 aromatic rings. The number of nitrogens with two attached hydrogens (primary N) is 1. The molecule has 0 fully saturated rings. The highest BCUT2D eigenvalue weighted by atomic mass is 16.2. The van der Waals surface area contributed by atoms with Crippen molar-refractivity contribution < 1.29 is 14.4 Å². The van der Waals surface area contributed by atoms with Crippen LogP contribution in [-0.4, -0.2) is 30.3 Å². The van der Waals surface area contributed by atoms with E-state index in [1.54, 1.807) is 0 Å².